The lowest BCUT2D eigenvalue weighted by Crippen LogP contribution is -2.41. The summed E-state index contributed by atoms with van der Waals surface area (Å²) in [7, 11) is 0. The average molecular weight is 306 g/mol. The summed E-state index contributed by atoms with van der Waals surface area (Å²) in [5.41, 5.74) is 0. The fourth-order valence-corrected chi connectivity index (χ4v) is 4.05. The van der Waals surface area contributed by atoms with Crippen molar-refractivity contribution in [3.8, 4) is 0 Å². The number of nitrogens with zero attached hydrogens (tertiary/aromatic N) is 4. The standard InChI is InChI=1S/C16H26N4O2/c1-16(2)21-11-13(22-16)10-19-7-3-5-12(9-19)15-18-17-14-6-4-8-20(14)15/h12-13H,3-11H2,1-2H3/t12-,13+/m1/s1. The molecule has 6 nitrogen and oxygen atoms in total. The van der Waals surface area contributed by atoms with Crippen LogP contribution in [-0.2, 0) is 22.4 Å². The molecule has 0 N–H and O–H groups in total. The lowest BCUT2D eigenvalue weighted by Gasteiger charge is -2.33. The zero-order chi connectivity index (χ0) is 15.2. The number of aryl methyl sites for hydroxylation is 1. The molecule has 1 aromatic rings. The van der Waals surface area contributed by atoms with Crippen LogP contribution in [0.5, 0.6) is 0 Å². The second kappa shape index (κ2) is 5.58. The highest BCUT2D eigenvalue weighted by Gasteiger charge is 2.35. The van der Waals surface area contributed by atoms with Crippen molar-refractivity contribution in [2.75, 3.05) is 26.2 Å². The molecule has 22 heavy (non-hydrogen) atoms. The molecule has 2 atom stereocenters. The number of hydrogen-bond acceptors (Lipinski definition) is 5. The van der Waals surface area contributed by atoms with Crippen LogP contribution < -0.4 is 0 Å². The first-order valence-corrected chi connectivity index (χ1v) is 8.57. The molecule has 0 unspecified atom stereocenters. The van der Waals surface area contributed by atoms with E-state index < -0.39 is 5.79 Å². The summed E-state index contributed by atoms with van der Waals surface area (Å²) in [6, 6.07) is 0. The molecule has 0 saturated carbocycles. The van der Waals surface area contributed by atoms with Crippen LogP contribution in [0, 0.1) is 0 Å². The zero-order valence-electron chi connectivity index (χ0n) is 13.6. The van der Waals surface area contributed by atoms with Gasteiger partial charge in [0, 0.05) is 32.0 Å². The van der Waals surface area contributed by atoms with Crippen molar-refractivity contribution < 1.29 is 9.47 Å². The summed E-state index contributed by atoms with van der Waals surface area (Å²) >= 11 is 0. The molecule has 3 aliphatic rings. The van der Waals surface area contributed by atoms with Crippen LogP contribution in [0.3, 0.4) is 0 Å². The quantitative estimate of drug-likeness (QED) is 0.848. The van der Waals surface area contributed by atoms with Crippen molar-refractivity contribution in [2.45, 2.75) is 63.9 Å². The van der Waals surface area contributed by atoms with Gasteiger partial charge in [-0.15, -0.1) is 10.2 Å². The third-order valence-corrected chi connectivity index (χ3v) is 5.04. The number of piperidine rings is 1. The number of hydrogen-bond donors (Lipinski definition) is 0. The van der Waals surface area contributed by atoms with Crippen LogP contribution in [0.15, 0.2) is 0 Å². The molecular weight excluding hydrogens is 280 g/mol. The highest BCUT2D eigenvalue weighted by atomic mass is 16.7. The Balaban J connectivity index is 1.40. The van der Waals surface area contributed by atoms with Crippen LogP contribution in [0.1, 0.15) is 50.7 Å². The number of fused-ring (bicyclic) bond motifs is 1. The van der Waals surface area contributed by atoms with E-state index in [-0.39, 0.29) is 6.10 Å². The predicted octanol–water partition coefficient (Wildman–Crippen LogP) is 1.56. The lowest BCUT2D eigenvalue weighted by atomic mass is 9.97. The average Bonchev–Trinajstić information content (AvgIpc) is 3.14. The maximum atomic E-state index is 5.95. The first-order valence-electron chi connectivity index (χ1n) is 8.57. The number of aromatic nitrogens is 3. The normalized spacial score (nSPS) is 31.5. The second-order valence-electron chi connectivity index (χ2n) is 7.28. The van der Waals surface area contributed by atoms with Crippen molar-refractivity contribution in [3.05, 3.63) is 11.6 Å². The third kappa shape index (κ3) is 2.79. The maximum absolute atomic E-state index is 5.95. The first-order chi connectivity index (χ1) is 10.6. The fraction of sp³-hybridized carbons (Fsp3) is 0.875. The van der Waals surface area contributed by atoms with Crippen molar-refractivity contribution in [1.82, 2.24) is 19.7 Å². The highest BCUT2D eigenvalue weighted by Crippen LogP contribution is 2.30. The molecule has 0 bridgehead atoms. The summed E-state index contributed by atoms with van der Waals surface area (Å²) in [6.45, 7) is 8.96. The molecule has 122 valence electrons. The molecule has 1 aromatic heterocycles. The molecule has 4 rings (SSSR count). The van der Waals surface area contributed by atoms with Gasteiger partial charge in [-0.1, -0.05) is 0 Å². The van der Waals surface area contributed by atoms with Gasteiger partial charge in [0.25, 0.3) is 0 Å². The van der Waals surface area contributed by atoms with Gasteiger partial charge in [0.2, 0.25) is 0 Å². The Bertz CT molecular complexity index is 542. The van der Waals surface area contributed by atoms with Gasteiger partial charge >= 0.3 is 0 Å². The van der Waals surface area contributed by atoms with E-state index in [1.807, 2.05) is 13.8 Å². The molecule has 2 fully saturated rings. The highest BCUT2D eigenvalue weighted by molar-refractivity contribution is 5.07. The number of rotatable bonds is 3. The number of ether oxygens (including phenoxy) is 2. The van der Waals surface area contributed by atoms with Gasteiger partial charge in [-0.25, -0.2) is 0 Å². The third-order valence-electron chi connectivity index (χ3n) is 5.04. The first kappa shape index (κ1) is 14.6. The summed E-state index contributed by atoms with van der Waals surface area (Å²) in [4.78, 5) is 2.51. The molecule has 3 aliphatic heterocycles. The van der Waals surface area contributed by atoms with Gasteiger partial charge in [0.1, 0.15) is 11.6 Å². The minimum Gasteiger partial charge on any atom is -0.348 e. The van der Waals surface area contributed by atoms with Crippen LogP contribution >= 0.6 is 0 Å². The van der Waals surface area contributed by atoms with E-state index in [2.05, 4.69) is 19.7 Å². The van der Waals surface area contributed by atoms with E-state index in [0.29, 0.717) is 12.5 Å². The molecular formula is C16H26N4O2. The number of likely N-dealkylation sites (tertiary alicyclic amines) is 1. The Morgan fingerprint density at radius 1 is 1.23 bits per heavy atom. The van der Waals surface area contributed by atoms with Gasteiger partial charge in [-0.3, -0.25) is 4.90 Å². The Morgan fingerprint density at radius 3 is 2.95 bits per heavy atom. The Morgan fingerprint density at radius 2 is 2.14 bits per heavy atom. The van der Waals surface area contributed by atoms with Gasteiger partial charge in [-0.05, 0) is 39.7 Å². The van der Waals surface area contributed by atoms with E-state index in [9.17, 15) is 0 Å². The van der Waals surface area contributed by atoms with Gasteiger partial charge in [0.15, 0.2) is 5.79 Å². The minimum atomic E-state index is -0.423. The largest absolute Gasteiger partial charge is 0.348 e. The van der Waals surface area contributed by atoms with Gasteiger partial charge in [-0.2, -0.15) is 0 Å². The topological polar surface area (TPSA) is 52.4 Å². The monoisotopic (exact) mass is 306 g/mol. The van der Waals surface area contributed by atoms with Gasteiger partial charge < -0.3 is 14.0 Å². The van der Waals surface area contributed by atoms with E-state index >= 15 is 0 Å². The maximum Gasteiger partial charge on any atom is 0.163 e. The smallest absolute Gasteiger partial charge is 0.163 e. The Kier molecular flexibility index (Phi) is 3.71. The summed E-state index contributed by atoms with van der Waals surface area (Å²) < 4.78 is 14.0. The molecule has 0 radical (unpaired) electrons. The molecule has 0 spiro atoms. The second-order valence-corrected chi connectivity index (χ2v) is 7.28. The lowest BCUT2D eigenvalue weighted by molar-refractivity contribution is -0.140. The van der Waals surface area contributed by atoms with Crippen molar-refractivity contribution in [1.29, 1.82) is 0 Å². The van der Waals surface area contributed by atoms with E-state index in [4.69, 9.17) is 9.47 Å². The molecule has 4 heterocycles. The van der Waals surface area contributed by atoms with Crippen molar-refractivity contribution in [2.24, 2.45) is 0 Å². The van der Waals surface area contributed by atoms with Crippen molar-refractivity contribution in [3.63, 3.8) is 0 Å². The van der Waals surface area contributed by atoms with Crippen LogP contribution in [-0.4, -0.2) is 57.8 Å². The van der Waals surface area contributed by atoms with Crippen LogP contribution in [0.2, 0.25) is 0 Å². The molecule has 0 aliphatic carbocycles. The van der Waals surface area contributed by atoms with E-state index in [0.717, 1.165) is 32.6 Å². The van der Waals surface area contributed by atoms with Crippen molar-refractivity contribution >= 4 is 0 Å². The molecule has 6 heteroatoms. The van der Waals surface area contributed by atoms with Gasteiger partial charge in [0.05, 0.1) is 12.7 Å². The minimum absolute atomic E-state index is 0.192. The Hall–Kier alpha value is -0.980. The molecule has 2 saturated heterocycles. The van der Waals surface area contributed by atoms with E-state index in [1.54, 1.807) is 0 Å². The van der Waals surface area contributed by atoms with Crippen LogP contribution in [0.4, 0.5) is 0 Å². The Labute approximate surface area is 131 Å². The van der Waals surface area contributed by atoms with E-state index in [1.165, 1.54) is 30.9 Å². The summed E-state index contributed by atoms with van der Waals surface area (Å²) in [6.07, 6.45) is 4.95. The summed E-state index contributed by atoms with van der Waals surface area (Å²) in [5, 5.41) is 8.85. The molecule has 0 aromatic carbocycles. The summed E-state index contributed by atoms with van der Waals surface area (Å²) in [5.74, 6) is 2.49. The van der Waals surface area contributed by atoms with Crippen LogP contribution in [0.25, 0.3) is 0 Å². The predicted molar refractivity (Wildman–Crippen MR) is 81.7 cm³/mol. The molecule has 0 amide bonds. The SMILES string of the molecule is CC1(C)OC[C@H](CN2CCC[C@@H](c3nnc4n3CCC4)C2)O1. The zero-order valence-corrected chi connectivity index (χ0v) is 13.6. The fourth-order valence-electron chi connectivity index (χ4n) is 4.05.